The van der Waals surface area contributed by atoms with Crippen LogP contribution in [-0.4, -0.2) is 33.8 Å². The first-order valence-electron chi connectivity index (χ1n) is 6.41. The van der Waals surface area contributed by atoms with Crippen LogP contribution in [0, 0.1) is 5.92 Å². The predicted molar refractivity (Wildman–Crippen MR) is 71.7 cm³/mol. The van der Waals surface area contributed by atoms with Crippen LogP contribution in [0.2, 0.25) is 0 Å². The third-order valence-corrected chi connectivity index (χ3v) is 3.99. The van der Waals surface area contributed by atoms with E-state index in [1.54, 1.807) is 0 Å². The molecule has 0 bridgehead atoms. The lowest BCUT2D eigenvalue weighted by atomic mass is 10.2. The van der Waals surface area contributed by atoms with E-state index in [-0.39, 0.29) is 11.7 Å². The molecule has 0 aliphatic carbocycles. The van der Waals surface area contributed by atoms with Crippen molar-refractivity contribution in [2.24, 2.45) is 5.92 Å². The molecule has 0 aromatic rings. The van der Waals surface area contributed by atoms with E-state index in [1.165, 1.54) is 7.11 Å². The number of hydrogen-bond donors (Lipinski definition) is 1. The Morgan fingerprint density at radius 1 is 1.22 bits per heavy atom. The molecule has 0 atom stereocenters. The van der Waals surface area contributed by atoms with Crippen LogP contribution in [0.5, 0.6) is 0 Å². The smallest absolute Gasteiger partial charge is 0.305 e. The summed E-state index contributed by atoms with van der Waals surface area (Å²) < 4.78 is 30.2. The zero-order valence-electron chi connectivity index (χ0n) is 11.6. The summed E-state index contributed by atoms with van der Waals surface area (Å²) in [4.78, 5) is 10.8. The lowest BCUT2D eigenvalue weighted by Crippen LogP contribution is -2.27. The predicted octanol–water partition coefficient (Wildman–Crippen LogP) is 1.69. The van der Waals surface area contributed by atoms with Crippen LogP contribution in [0.3, 0.4) is 0 Å². The van der Waals surface area contributed by atoms with Crippen LogP contribution >= 0.6 is 0 Å². The van der Waals surface area contributed by atoms with E-state index < -0.39 is 10.0 Å². The summed E-state index contributed by atoms with van der Waals surface area (Å²) in [5, 5.41) is 0. The highest BCUT2D eigenvalue weighted by Crippen LogP contribution is 2.03. The fraction of sp³-hybridized carbons (Fsp3) is 0.917. The van der Waals surface area contributed by atoms with Gasteiger partial charge >= 0.3 is 5.97 Å². The molecule has 0 aromatic heterocycles. The number of sulfonamides is 1. The zero-order chi connectivity index (χ0) is 14.0. The minimum atomic E-state index is -3.13. The van der Waals surface area contributed by atoms with Crippen molar-refractivity contribution in [3.63, 3.8) is 0 Å². The Morgan fingerprint density at radius 3 is 2.44 bits per heavy atom. The normalized spacial score (nSPS) is 11.8. The zero-order valence-corrected chi connectivity index (χ0v) is 12.4. The molecule has 0 aromatic carbocycles. The topological polar surface area (TPSA) is 72.5 Å². The van der Waals surface area contributed by atoms with E-state index in [4.69, 9.17) is 0 Å². The fourth-order valence-electron chi connectivity index (χ4n) is 1.36. The number of unbranched alkanes of at least 4 members (excludes halogenated alkanes) is 2. The second-order valence-corrected chi connectivity index (χ2v) is 6.71. The molecule has 1 N–H and O–H groups in total. The molecule has 0 aliphatic heterocycles. The van der Waals surface area contributed by atoms with Gasteiger partial charge in [0.15, 0.2) is 0 Å². The van der Waals surface area contributed by atoms with Gasteiger partial charge in [0.05, 0.1) is 12.9 Å². The average molecular weight is 279 g/mol. The lowest BCUT2D eigenvalue weighted by molar-refractivity contribution is -0.140. The van der Waals surface area contributed by atoms with Crippen molar-refractivity contribution in [3.05, 3.63) is 0 Å². The number of nitrogens with one attached hydrogen (secondary N) is 1. The van der Waals surface area contributed by atoms with Crippen LogP contribution in [0.15, 0.2) is 0 Å². The SMILES string of the molecule is COC(=O)CCCCCNS(=O)(=O)CCC(C)C. The highest BCUT2D eigenvalue weighted by Gasteiger charge is 2.10. The monoisotopic (exact) mass is 279 g/mol. The minimum absolute atomic E-state index is 0.187. The van der Waals surface area contributed by atoms with E-state index in [0.29, 0.717) is 25.3 Å². The van der Waals surface area contributed by atoms with Crippen molar-refractivity contribution in [2.45, 2.75) is 46.0 Å². The molecule has 0 fully saturated rings. The second kappa shape index (κ2) is 9.33. The number of carbonyl (C=O) groups is 1. The third kappa shape index (κ3) is 10.5. The Labute approximate surface area is 110 Å². The molecule has 0 rings (SSSR count). The van der Waals surface area contributed by atoms with Gasteiger partial charge in [-0.2, -0.15) is 0 Å². The van der Waals surface area contributed by atoms with Crippen LogP contribution in [0.1, 0.15) is 46.0 Å². The van der Waals surface area contributed by atoms with Crippen molar-refractivity contribution in [2.75, 3.05) is 19.4 Å². The molecule has 108 valence electrons. The van der Waals surface area contributed by atoms with Gasteiger partial charge in [0.25, 0.3) is 0 Å². The van der Waals surface area contributed by atoms with E-state index in [2.05, 4.69) is 9.46 Å². The molecule has 0 amide bonds. The Bertz CT molecular complexity index is 325. The van der Waals surface area contributed by atoms with Crippen molar-refractivity contribution in [3.8, 4) is 0 Å². The quantitative estimate of drug-likeness (QED) is 0.488. The summed E-state index contributed by atoms with van der Waals surface area (Å²) >= 11 is 0. The van der Waals surface area contributed by atoms with Gasteiger partial charge in [-0.15, -0.1) is 0 Å². The van der Waals surface area contributed by atoms with Crippen LogP contribution in [0.25, 0.3) is 0 Å². The number of carbonyl (C=O) groups excluding carboxylic acids is 1. The van der Waals surface area contributed by atoms with Gasteiger partial charge in [-0.05, 0) is 25.2 Å². The maximum Gasteiger partial charge on any atom is 0.305 e. The average Bonchev–Trinajstić information content (AvgIpc) is 2.30. The second-order valence-electron chi connectivity index (χ2n) is 4.78. The number of rotatable bonds is 10. The molecule has 5 nitrogen and oxygen atoms in total. The maximum atomic E-state index is 11.5. The van der Waals surface area contributed by atoms with E-state index in [1.807, 2.05) is 13.8 Å². The molecular weight excluding hydrogens is 254 g/mol. The molecule has 0 saturated carbocycles. The molecule has 0 aliphatic rings. The van der Waals surface area contributed by atoms with Crippen molar-refractivity contribution < 1.29 is 17.9 Å². The summed E-state index contributed by atoms with van der Waals surface area (Å²) in [5.74, 6) is 0.362. The highest BCUT2D eigenvalue weighted by molar-refractivity contribution is 7.89. The first-order chi connectivity index (χ1) is 8.37. The van der Waals surface area contributed by atoms with Gasteiger partial charge in [-0.3, -0.25) is 4.79 Å². The first kappa shape index (κ1) is 17.4. The van der Waals surface area contributed by atoms with Gasteiger partial charge in [0.1, 0.15) is 0 Å². The first-order valence-corrected chi connectivity index (χ1v) is 8.06. The van der Waals surface area contributed by atoms with Crippen molar-refractivity contribution in [1.82, 2.24) is 4.72 Å². The van der Waals surface area contributed by atoms with E-state index in [0.717, 1.165) is 19.3 Å². The standard InChI is InChI=1S/C12H25NO4S/c1-11(2)8-10-18(15,16)13-9-6-4-5-7-12(14)17-3/h11,13H,4-10H2,1-3H3. The summed E-state index contributed by atoms with van der Waals surface area (Å²) in [5.41, 5.74) is 0. The van der Waals surface area contributed by atoms with Crippen molar-refractivity contribution in [1.29, 1.82) is 0 Å². The van der Waals surface area contributed by atoms with Gasteiger partial charge in [0, 0.05) is 13.0 Å². The van der Waals surface area contributed by atoms with Gasteiger partial charge < -0.3 is 4.74 Å². The Kier molecular flexibility index (Phi) is 9.01. The maximum absolute atomic E-state index is 11.5. The third-order valence-electron chi connectivity index (χ3n) is 2.57. The van der Waals surface area contributed by atoms with Gasteiger partial charge in [-0.25, -0.2) is 13.1 Å². The minimum Gasteiger partial charge on any atom is -0.469 e. The highest BCUT2D eigenvalue weighted by atomic mass is 32.2. The fourth-order valence-corrected chi connectivity index (χ4v) is 2.75. The molecule has 0 spiro atoms. The summed E-state index contributed by atoms with van der Waals surface area (Å²) in [6.07, 6.45) is 3.38. The van der Waals surface area contributed by atoms with Crippen molar-refractivity contribution >= 4 is 16.0 Å². The molecule has 6 heteroatoms. The van der Waals surface area contributed by atoms with Crippen LogP contribution in [0.4, 0.5) is 0 Å². The summed E-state index contributed by atoms with van der Waals surface area (Å²) in [6.45, 7) is 4.45. The molecule has 18 heavy (non-hydrogen) atoms. The lowest BCUT2D eigenvalue weighted by Gasteiger charge is -2.08. The summed E-state index contributed by atoms with van der Waals surface area (Å²) in [6, 6.07) is 0. The Balaban J connectivity index is 3.56. The number of hydrogen-bond acceptors (Lipinski definition) is 4. The largest absolute Gasteiger partial charge is 0.469 e. The number of esters is 1. The van der Waals surface area contributed by atoms with E-state index in [9.17, 15) is 13.2 Å². The van der Waals surface area contributed by atoms with Gasteiger partial charge in [0.2, 0.25) is 10.0 Å². The molecule has 0 heterocycles. The van der Waals surface area contributed by atoms with Crippen LogP contribution < -0.4 is 4.72 Å². The molecule has 0 radical (unpaired) electrons. The van der Waals surface area contributed by atoms with E-state index >= 15 is 0 Å². The van der Waals surface area contributed by atoms with Gasteiger partial charge in [-0.1, -0.05) is 20.3 Å². The molecular formula is C12H25NO4S. The number of ether oxygens (including phenoxy) is 1. The molecule has 0 saturated heterocycles. The Hall–Kier alpha value is -0.620. The Morgan fingerprint density at radius 2 is 1.89 bits per heavy atom. The summed E-state index contributed by atoms with van der Waals surface area (Å²) in [7, 11) is -1.76. The number of methoxy groups -OCH3 is 1. The molecule has 0 unspecified atom stereocenters. The van der Waals surface area contributed by atoms with Crippen LogP contribution in [-0.2, 0) is 19.6 Å².